The molecule has 0 fully saturated rings. The second-order valence-corrected chi connectivity index (χ2v) is 13.8. The summed E-state index contributed by atoms with van der Waals surface area (Å²) in [6, 6.07) is 0. The largest absolute Gasteiger partial charge is 0.481 e. The molecule has 0 saturated carbocycles. The minimum Gasteiger partial charge on any atom is -0.481 e. The first-order valence-corrected chi connectivity index (χ1v) is 20.3. The molecule has 270 valence electrons. The first kappa shape index (κ1) is 44.4. The number of carboxylic acid groups (broad SMARTS) is 1. The van der Waals surface area contributed by atoms with E-state index in [4.69, 9.17) is 9.84 Å². The van der Waals surface area contributed by atoms with Gasteiger partial charge in [0.2, 0.25) is 0 Å². The summed E-state index contributed by atoms with van der Waals surface area (Å²) < 4.78 is 5.94. The van der Waals surface area contributed by atoms with E-state index in [9.17, 15) is 9.59 Å². The Morgan fingerprint density at radius 1 is 0.478 bits per heavy atom. The molecule has 0 aliphatic heterocycles. The van der Waals surface area contributed by atoms with Gasteiger partial charge in [0.05, 0.1) is 0 Å². The van der Waals surface area contributed by atoms with Gasteiger partial charge in [-0.3, -0.25) is 9.59 Å². The number of hydrogen-bond acceptors (Lipinski definition) is 3. The Morgan fingerprint density at radius 3 is 1.35 bits per heavy atom. The van der Waals surface area contributed by atoms with Crippen LogP contribution < -0.4 is 0 Å². The molecule has 46 heavy (non-hydrogen) atoms. The molecule has 0 aliphatic carbocycles. The molecule has 0 aromatic rings. The third-order valence-corrected chi connectivity index (χ3v) is 9.18. The maximum Gasteiger partial charge on any atom is 0.306 e. The maximum absolute atomic E-state index is 12.6. The van der Waals surface area contributed by atoms with Crippen LogP contribution in [0.5, 0.6) is 0 Å². The van der Waals surface area contributed by atoms with E-state index in [2.05, 4.69) is 38.2 Å². The van der Waals surface area contributed by atoms with E-state index >= 15 is 0 Å². The van der Waals surface area contributed by atoms with E-state index < -0.39 is 5.97 Å². The Kier molecular flexibility index (Phi) is 36.6. The van der Waals surface area contributed by atoms with Crippen LogP contribution in [0, 0.1) is 0 Å². The van der Waals surface area contributed by atoms with Crippen molar-refractivity contribution < 1.29 is 19.4 Å². The zero-order valence-corrected chi connectivity index (χ0v) is 30.9. The van der Waals surface area contributed by atoms with Gasteiger partial charge < -0.3 is 9.84 Å². The fourth-order valence-electron chi connectivity index (χ4n) is 6.16. The summed E-state index contributed by atoms with van der Waals surface area (Å²) in [5, 5.41) is 8.89. The standard InChI is InChI=1S/C42H78O4/c1-3-5-7-9-11-13-15-16-17-18-19-20-21-22-24-26-28-30-35-39-42(45)46-40(37-33-31-34-38-41(43)44)36-32-29-27-25-23-14-12-10-8-6-4-2/h11,13,16-17,40H,3-10,12,14-15,18-39H2,1-2H3,(H,43,44)/b13-11-,17-16-. The van der Waals surface area contributed by atoms with E-state index in [1.54, 1.807) is 0 Å². The molecule has 0 aromatic heterocycles. The highest BCUT2D eigenvalue weighted by molar-refractivity contribution is 5.69. The minimum absolute atomic E-state index is 0.00328. The Morgan fingerprint density at radius 2 is 0.848 bits per heavy atom. The molecule has 0 spiro atoms. The van der Waals surface area contributed by atoms with E-state index in [1.807, 2.05) is 0 Å². The van der Waals surface area contributed by atoms with Crippen LogP contribution in [0.15, 0.2) is 24.3 Å². The highest BCUT2D eigenvalue weighted by Gasteiger charge is 2.14. The van der Waals surface area contributed by atoms with E-state index in [0.717, 1.165) is 51.4 Å². The summed E-state index contributed by atoms with van der Waals surface area (Å²) in [7, 11) is 0. The van der Waals surface area contributed by atoms with Gasteiger partial charge in [-0.25, -0.2) is 0 Å². The van der Waals surface area contributed by atoms with Crippen LogP contribution in [0.1, 0.15) is 226 Å². The van der Waals surface area contributed by atoms with Gasteiger partial charge in [-0.15, -0.1) is 0 Å². The lowest BCUT2D eigenvalue weighted by Crippen LogP contribution is -2.18. The number of unbranched alkanes of at least 4 members (excludes halogenated alkanes) is 24. The molecule has 0 bridgehead atoms. The van der Waals surface area contributed by atoms with Crippen molar-refractivity contribution in [3.05, 3.63) is 24.3 Å². The fraction of sp³-hybridized carbons (Fsp3) is 0.857. The Bertz CT molecular complexity index is 698. The van der Waals surface area contributed by atoms with Crippen molar-refractivity contribution in [1.29, 1.82) is 0 Å². The van der Waals surface area contributed by atoms with Gasteiger partial charge in [-0.2, -0.15) is 0 Å². The first-order valence-electron chi connectivity index (χ1n) is 20.3. The van der Waals surface area contributed by atoms with E-state index in [0.29, 0.717) is 12.8 Å². The third-order valence-electron chi connectivity index (χ3n) is 9.18. The van der Waals surface area contributed by atoms with Crippen molar-refractivity contribution in [1.82, 2.24) is 0 Å². The quantitative estimate of drug-likeness (QED) is 0.0414. The molecule has 0 aromatic carbocycles. The normalized spacial score (nSPS) is 12.4. The smallest absolute Gasteiger partial charge is 0.306 e. The summed E-state index contributed by atoms with van der Waals surface area (Å²) >= 11 is 0. The summed E-state index contributed by atoms with van der Waals surface area (Å²) in [6.45, 7) is 4.52. The number of carbonyl (C=O) groups excluding carboxylic acids is 1. The molecule has 0 amide bonds. The van der Waals surface area contributed by atoms with Crippen molar-refractivity contribution in [2.24, 2.45) is 0 Å². The number of allylic oxidation sites excluding steroid dienone is 4. The first-order chi connectivity index (χ1) is 22.6. The minimum atomic E-state index is -0.723. The second-order valence-electron chi connectivity index (χ2n) is 13.8. The Hall–Kier alpha value is -1.58. The van der Waals surface area contributed by atoms with Crippen molar-refractivity contribution in [2.75, 3.05) is 0 Å². The molecule has 0 rings (SSSR count). The van der Waals surface area contributed by atoms with Crippen LogP contribution in [0.25, 0.3) is 0 Å². The summed E-state index contributed by atoms with van der Waals surface area (Å²) in [4.78, 5) is 23.4. The van der Waals surface area contributed by atoms with Crippen molar-refractivity contribution in [3.63, 3.8) is 0 Å². The highest BCUT2D eigenvalue weighted by Crippen LogP contribution is 2.19. The van der Waals surface area contributed by atoms with Crippen LogP contribution >= 0.6 is 0 Å². The van der Waals surface area contributed by atoms with Gasteiger partial charge >= 0.3 is 11.9 Å². The lowest BCUT2D eigenvalue weighted by Gasteiger charge is -2.18. The van der Waals surface area contributed by atoms with Crippen LogP contribution in [0.2, 0.25) is 0 Å². The SMILES string of the molecule is CCCCC/C=C\C/C=C\CCCCCCCCCCCC(=O)OC(CCCCCCCCCCCCC)CCCCCC(=O)O. The molecular weight excluding hydrogens is 568 g/mol. The highest BCUT2D eigenvalue weighted by atomic mass is 16.5. The summed E-state index contributed by atoms with van der Waals surface area (Å²) in [5.74, 6) is -0.755. The van der Waals surface area contributed by atoms with Gasteiger partial charge in [0.25, 0.3) is 0 Å². The van der Waals surface area contributed by atoms with Gasteiger partial charge in [0.1, 0.15) is 6.10 Å². The second kappa shape index (κ2) is 37.9. The Labute approximate surface area is 287 Å². The van der Waals surface area contributed by atoms with E-state index in [1.165, 1.54) is 141 Å². The summed E-state index contributed by atoms with van der Waals surface area (Å²) in [5.41, 5.74) is 0. The average molecular weight is 647 g/mol. The molecule has 1 N–H and O–H groups in total. The molecule has 4 heteroatoms. The van der Waals surface area contributed by atoms with Crippen molar-refractivity contribution >= 4 is 11.9 Å². The predicted octanol–water partition coefficient (Wildman–Crippen LogP) is 14.0. The summed E-state index contributed by atoms with van der Waals surface area (Å²) in [6.07, 6.45) is 47.7. The number of carboxylic acids is 1. The third kappa shape index (κ3) is 36.9. The van der Waals surface area contributed by atoms with Crippen LogP contribution in [-0.2, 0) is 14.3 Å². The van der Waals surface area contributed by atoms with Crippen LogP contribution in [-0.4, -0.2) is 23.1 Å². The number of rotatable bonds is 37. The molecule has 0 heterocycles. The molecule has 0 saturated heterocycles. The lowest BCUT2D eigenvalue weighted by atomic mass is 10.0. The monoisotopic (exact) mass is 647 g/mol. The van der Waals surface area contributed by atoms with Gasteiger partial charge in [-0.05, 0) is 70.6 Å². The van der Waals surface area contributed by atoms with Crippen molar-refractivity contribution in [2.45, 2.75) is 232 Å². The van der Waals surface area contributed by atoms with Crippen LogP contribution in [0.3, 0.4) is 0 Å². The fourth-order valence-corrected chi connectivity index (χ4v) is 6.16. The van der Waals surface area contributed by atoms with Gasteiger partial charge in [0, 0.05) is 12.8 Å². The number of esters is 1. The molecular formula is C42H78O4. The maximum atomic E-state index is 12.6. The van der Waals surface area contributed by atoms with Crippen LogP contribution in [0.4, 0.5) is 0 Å². The van der Waals surface area contributed by atoms with Crippen molar-refractivity contribution in [3.8, 4) is 0 Å². The average Bonchev–Trinajstić information content (AvgIpc) is 3.04. The number of carbonyl (C=O) groups is 2. The number of hydrogen-bond donors (Lipinski definition) is 1. The molecule has 1 unspecified atom stereocenters. The zero-order valence-electron chi connectivity index (χ0n) is 30.9. The Balaban J connectivity index is 3.87. The molecule has 0 aliphatic rings. The number of ether oxygens (including phenoxy) is 1. The molecule has 1 atom stereocenters. The molecule has 0 radical (unpaired) electrons. The predicted molar refractivity (Wildman–Crippen MR) is 200 cm³/mol. The number of aliphatic carboxylic acids is 1. The van der Waals surface area contributed by atoms with Gasteiger partial charge in [0.15, 0.2) is 0 Å². The van der Waals surface area contributed by atoms with Gasteiger partial charge in [-0.1, -0.05) is 167 Å². The lowest BCUT2D eigenvalue weighted by molar-refractivity contribution is -0.150. The topological polar surface area (TPSA) is 63.6 Å². The van der Waals surface area contributed by atoms with E-state index in [-0.39, 0.29) is 18.5 Å². The molecule has 4 nitrogen and oxygen atoms in total. The zero-order chi connectivity index (χ0) is 33.6.